The number of β-amino-alcohol motifs (C(OH)–C–C–N with tert-alkyl or cyclic N) is 2. The van der Waals surface area contributed by atoms with Crippen molar-refractivity contribution < 1.29 is 149 Å². The van der Waals surface area contributed by atoms with Gasteiger partial charge in [-0.1, -0.05) is 41.7 Å². The summed E-state index contributed by atoms with van der Waals surface area (Å²) in [5, 5.41) is 25.0. The molecule has 0 aromatic heterocycles. The van der Waals surface area contributed by atoms with Gasteiger partial charge in [0.05, 0.1) is 75.8 Å². The van der Waals surface area contributed by atoms with Crippen LogP contribution in [0, 0.1) is 0 Å². The van der Waals surface area contributed by atoms with Gasteiger partial charge in [0.1, 0.15) is 71.0 Å². The predicted molar refractivity (Wildman–Crippen MR) is 383 cm³/mol. The van der Waals surface area contributed by atoms with Crippen molar-refractivity contribution in [3.8, 4) is 0 Å². The molecule has 602 valence electrons. The van der Waals surface area contributed by atoms with Crippen molar-refractivity contribution in [3.63, 3.8) is 0 Å². The first-order valence-corrected chi connectivity index (χ1v) is 43.5. The summed E-state index contributed by atoms with van der Waals surface area (Å²) in [6.45, 7) is 20.3. The number of methoxy groups -OCH3 is 6. The second-order valence-electron chi connectivity index (χ2n) is 24.8. The van der Waals surface area contributed by atoms with Crippen LogP contribution < -0.4 is 46.3 Å². The fraction of sp³-hybridized carbons (Fsp3) is 0.911. The zero-order chi connectivity index (χ0) is 76.4. The van der Waals surface area contributed by atoms with Crippen molar-refractivity contribution in [1.29, 1.82) is 0 Å². The van der Waals surface area contributed by atoms with Crippen molar-refractivity contribution in [1.82, 2.24) is 47.5 Å². The summed E-state index contributed by atoms with van der Waals surface area (Å²) in [5.74, 6) is -0.938. The molecule has 2 amide bonds. The maximum atomic E-state index is 11.5. The first-order valence-electron chi connectivity index (χ1n) is 30.9. The maximum absolute atomic E-state index is 11.5. The molecule has 9 fully saturated rings. The number of ether oxygens (including phenoxy) is 9. The number of aliphatic hydroxyl groups is 2. The van der Waals surface area contributed by atoms with Gasteiger partial charge in [-0.05, 0) is 43.2 Å². The van der Waals surface area contributed by atoms with Gasteiger partial charge in [0, 0.05) is 121 Å². The van der Waals surface area contributed by atoms with Crippen LogP contribution in [0.25, 0.3) is 0 Å². The Bertz CT molecular complexity index is 3290. The molecule has 9 heterocycles. The molecular formula is C56H114Cl3N10NaO26S6. The molecule has 9 aliphatic rings. The van der Waals surface area contributed by atoms with E-state index in [9.17, 15) is 75.1 Å². The summed E-state index contributed by atoms with van der Waals surface area (Å²) in [7, 11) is -10.1. The molecule has 11 atom stereocenters. The standard InChI is InChI=1S/C9H17ClN2O5S.C9H16N2O5S.C8H17NO4S.2C7H13NO4S.C7H13NO3S.C6H15N.C2H2Cl2O.CH4.H3N.Na.H/c1-17-7-4-12(18(2,15)16)6-9(7,14)5-11-8(13)3-10;1-15-7-3-11(17(2,13)14)6-9(7)5-10-8(12)4-16-9;1-4-8(10)6-9(14(3,11)12)5-7(8)13-2;2*1-11-6-3-8(13(2,9)10)4-7(6)5-12-7;1-6-4-8(12(3,9)10)5-7(6)11-2;1-4-7(5-2)6-3;3-1-2(4)5;;;;/h7,14H,3-6H2,1-2H3,(H,11,13);7H,3-6H2,1-2H3,(H,10,12);7,10H,4-6H2,1-3H3;2*6H,3-5H2,1-2H3;7H,1,4-5H2,2-3H3;4-6H2,1-3H3;1H2;1H4;1H3;;/q;;;;;;;;;;+1;-1/t2*7-,9+;7-,8+;6-,7+;6-,7-;7-;;;;;;/m000000....../s1. The monoisotopic (exact) mass is 1660 g/mol. The number of carbonyl (C=O) groups excluding carboxylic acids is 3. The van der Waals surface area contributed by atoms with E-state index in [0.29, 0.717) is 58.9 Å². The molecule has 36 nitrogen and oxygen atoms in total. The SMILES string of the molecule is C.C=C1CN(S(C)(=O)=O)C[C@@H]1OC.CCN(CC)CC.CC[C@@]1(O)CN(S(C)(=O)=O)C[C@@H]1OC.CO[C@H]1CN(S(C)(=O)=O)C[C@@]12CO2.CO[C@H]1CN(S(C)(=O)=O)C[C@]1(O)CNC(=O)CCl.CO[C@H]1CN(S(C)(=O)=O)C[C@]12CNC(=O)CO2.CO[C@H]1CN(S(C)(=O)=O)C[C@]12CO2.N.O=C(Cl)CCl.[H-].[Na+]. The fourth-order valence-corrected chi connectivity index (χ4v) is 16.3. The number of amides is 2. The van der Waals surface area contributed by atoms with E-state index in [4.69, 9.17) is 77.4 Å². The fourth-order valence-electron chi connectivity index (χ4n) is 11.1. The Kier molecular flexibility index (Phi) is 44.2. The number of halogens is 3. The minimum atomic E-state index is -3.41. The first-order chi connectivity index (χ1) is 45.4. The molecule has 0 aromatic carbocycles. The van der Waals surface area contributed by atoms with E-state index in [1.165, 1.54) is 81.3 Å². The normalized spacial score (nSPS) is 30.3. The molecule has 0 bridgehead atoms. The quantitative estimate of drug-likeness (QED) is 0.0249. The van der Waals surface area contributed by atoms with E-state index >= 15 is 0 Å². The minimum Gasteiger partial charge on any atom is -1.00 e. The smallest absolute Gasteiger partial charge is 1.00 e. The third kappa shape index (κ3) is 31.1. The Balaban J connectivity index is -0.00000112. The molecule has 46 heteroatoms. The Morgan fingerprint density at radius 3 is 1.10 bits per heavy atom. The third-order valence-corrected chi connectivity index (χ3v) is 25.7. The van der Waals surface area contributed by atoms with E-state index in [2.05, 4.69) is 42.9 Å². The number of epoxide rings is 2. The van der Waals surface area contributed by atoms with Gasteiger partial charge < -0.3 is 76.0 Å². The van der Waals surface area contributed by atoms with Crippen LogP contribution >= 0.6 is 34.8 Å². The average molecular weight is 1670 g/mol. The van der Waals surface area contributed by atoms with Crippen LogP contribution in [0.4, 0.5) is 0 Å². The number of alkyl halides is 2. The van der Waals surface area contributed by atoms with E-state index in [-0.39, 0.29) is 157 Å². The zero-order valence-corrected chi connectivity index (χ0v) is 70.2. The van der Waals surface area contributed by atoms with E-state index in [1.807, 2.05) is 6.92 Å². The number of sulfonamides is 6. The van der Waals surface area contributed by atoms with E-state index in [0.717, 1.165) is 28.6 Å². The minimum absolute atomic E-state index is 0. The van der Waals surface area contributed by atoms with Crippen molar-refractivity contribution in [2.24, 2.45) is 0 Å². The van der Waals surface area contributed by atoms with Crippen molar-refractivity contribution in [3.05, 3.63) is 12.2 Å². The van der Waals surface area contributed by atoms with Crippen molar-refractivity contribution in [2.75, 3.05) is 223 Å². The van der Waals surface area contributed by atoms with E-state index in [1.54, 1.807) is 21.3 Å². The Hall–Kier alpha value is -0.840. The summed E-state index contributed by atoms with van der Waals surface area (Å²) in [4.78, 5) is 33.9. The molecule has 3 spiro atoms. The molecule has 7 N–H and O–H groups in total. The number of carbonyl (C=O) groups is 3. The predicted octanol–water partition coefficient (Wildman–Crippen LogP) is -5.88. The Morgan fingerprint density at radius 1 is 0.559 bits per heavy atom. The first kappa shape index (κ1) is 103. The Morgan fingerprint density at radius 2 is 0.873 bits per heavy atom. The van der Waals surface area contributed by atoms with Gasteiger partial charge in [0.2, 0.25) is 77.2 Å². The van der Waals surface area contributed by atoms with Crippen LogP contribution in [-0.2, 0) is 117 Å². The molecule has 0 unspecified atom stereocenters. The summed E-state index contributed by atoms with van der Waals surface area (Å²) < 4.78 is 190. The van der Waals surface area contributed by atoms with Gasteiger partial charge in [-0.2, -0.15) is 25.8 Å². The molecule has 102 heavy (non-hydrogen) atoms. The van der Waals surface area contributed by atoms with Crippen LogP contribution in [0.2, 0.25) is 0 Å². The molecule has 9 aliphatic heterocycles. The van der Waals surface area contributed by atoms with E-state index < -0.39 is 100 Å². The summed E-state index contributed by atoms with van der Waals surface area (Å²) in [6.07, 6.45) is 5.61. The number of nitrogens with zero attached hydrogens (tertiary/aromatic N) is 7. The molecule has 9 rings (SSSR count). The van der Waals surface area contributed by atoms with Crippen molar-refractivity contribution in [2.45, 2.75) is 106 Å². The second-order valence-corrected chi connectivity index (χ2v) is 37.6. The Labute approximate surface area is 644 Å². The van der Waals surface area contributed by atoms with Gasteiger partial charge in [-0.25, -0.2) is 50.5 Å². The van der Waals surface area contributed by atoms with Crippen LogP contribution in [0.3, 0.4) is 0 Å². The summed E-state index contributed by atoms with van der Waals surface area (Å²) >= 11 is 14.9. The third-order valence-electron chi connectivity index (χ3n) is 17.6. The molecule has 0 radical (unpaired) electrons. The number of nitrogens with one attached hydrogen (secondary N) is 2. The second kappa shape index (κ2) is 43.7. The van der Waals surface area contributed by atoms with Crippen LogP contribution in [0.1, 0.15) is 43.0 Å². The number of morpholine rings is 1. The molecule has 9 saturated heterocycles. The van der Waals surface area contributed by atoms with Gasteiger partial charge in [0.15, 0.2) is 0 Å². The van der Waals surface area contributed by atoms with Gasteiger partial charge in [0.25, 0.3) is 0 Å². The number of rotatable bonds is 20. The number of hydrogen-bond acceptors (Lipinski definition) is 28. The average Bonchev–Trinajstić information content (AvgIpc) is 1.59. The molecule has 0 saturated carbocycles. The van der Waals surface area contributed by atoms with Gasteiger partial charge in [-0.15, -0.1) is 23.2 Å². The molecule has 0 aliphatic carbocycles. The zero-order valence-electron chi connectivity index (χ0n) is 62.0. The van der Waals surface area contributed by atoms with Crippen LogP contribution in [0.5, 0.6) is 0 Å². The summed E-state index contributed by atoms with van der Waals surface area (Å²) in [6, 6.07) is 0. The van der Waals surface area contributed by atoms with Crippen molar-refractivity contribution >= 4 is 112 Å². The molecular weight excluding hydrogens is 1550 g/mol. The van der Waals surface area contributed by atoms with Gasteiger partial charge >= 0.3 is 29.6 Å². The summed E-state index contributed by atoms with van der Waals surface area (Å²) in [5.41, 5.74) is -3.10. The number of hydrogen-bond donors (Lipinski definition) is 5. The van der Waals surface area contributed by atoms with Gasteiger partial charge in [-0.3, -0.25) is 14.4 Å². The largest absolute Gasteiger partial charge is 1.00 e. The van der Waals surface area contributed by atoms with Crippen LogP contribution in [0.15, 0.2) is 12.2 Å². The topological polar surface area (TPSA) is 468 Å². The maximum Gasteiger partial charge on any atom is 1.00 e. The van der Waals surface area contributed by atoms with Crippen LogP contribution in [-0.4, -0.2) is 396 Å². The molecule has 0 aromatic rings.